The van der Waals surface area contributed by atoms with Crippen LogP contribution in [0.15, 0.2) is 12.2 Å². The van der Waals surface area contributed by atoms with E-state index in [9.17, 15) is 61.0 Å². The number of amides is 1. The monoisotopic (exact) mass is 1080 g/mol. The summed E-state index contributed by atoms with van der Waals surface area (Å²) in [5, 5.41) is 119. The fraction of sp³-hybridized carbons (Fsp3) is 0.946. The predicted octanol–water partition coefficient (Wildman–Crippen LogP) is 4.60. The lowest BCUT2D eigenvalue weighted by atomic mass is 9.96. The maximum Gasteiger partial charge on any atom is 0.220 e. The van der Waals surface area contributed by atoms with Crippen molar-refractivity contribution in [3.8, 4) is 0 Å². The molecule has 12 N–H and O–H groups in total. The molecule has 0 saturated carbocycles. The lowest BCUT2D eigenvalue weighted by Crippen LogP contribution is -2.66. The Kier molecular flexibility index (Phi) is 36.8. The third-order valence-electron chi connectivity index (χ3n) is 15.1. The molecule has 3 fully saturated rings. The molecule has 0 radical (unpaired) electrons. The number of aliphatic hydroxyl groups is 11. The first-order valence-electron chi connectivity index (χ1n) is 29.4. The van der Waals surface area contributed by atoms with E-state index in [-0.39, 0.29) is 18.9 Å². The Labute approximate surface area is 448 Å². The van der Waals surface area contributed by atoms with Crippen molar-refractivity contribution in [2.24, 2.45) is 0 Å². The molecule has 17 unspecified atom stereocenters. The summed E-state index contributed by atoms with van der Waals surface area (Å²) in [5.74, 6) is -0.278. The molecule has 0 aromatic heterocycles. The summed E-state index contributed by atoms with van der Waals surface area (Å²) < 4.78 is 34.1. The molecular formula is C56H105NO18. The number of carbonyl (C=O) groups excluding carboxylic acids is 1. The molecule has 442 valence electrons. The lowest BCUT2D eigenvalue weighted by molar-refractivity contribution is -0.379. The summed E-state index contributed by atoms with van der Waals surface area (Å²) in [6.45, 7) is 1.63. The number of hydrogen-bond acceptors (Lipinski definition) is 18. The molecule has 0 aromatic carbocycles. The van der Waals surface area contributed by atoms with Crippen molar-refractivity contribution < 1.29 is 89.4 Å². The smallest absolute Gasteiger partial charge is 0.220 e. The number of carbonyl (C=O) groups is 1. The van der Waals surface area contributed by atoms with Crippen molar-refractivity contribution >= 4 is 5.91 Å². The van der Waals surface area contributed by atoms with Crippen LogP contribution in [0.5, 0.6) is 0 Å². The number of unbranched alkanes of at least 4 members (excludes halogenated alkanes) is 27. The first kappa shape index (κ1) is 67.8. The quantitative estimate of drug-likeness (QED) is 0.0293. The molecule has 3 saturated heterocycles. The van der Waals surface area contributed by atoms with E-state index in [0.717, 1.165) is 51.4 Å². The van der Waals surface area contributed by atoms with Crippen LogP contribution in [0.4, 0.5) is 0 Å². The molecular weight excluding hydrogens is 975 g/mol. The number of rotatable bonds is 43. The Hall–Kier alpha value is -1.47. The van der Waals surface area contributed by atoms with Crippen molar-refractivity contribution in [1.82, 2.24) is 5.32 Å². The van der Waals surface area contributed by atoms with Crippen LogP contribution in [0.2, 0.25) is 0 Å². The summed E-state index contributed by atoms with van der Waals surface area (Å²) in [5.41, 5.74) is 0. The van der Waals surface area contributed by atoms with E-state index >= 15 is 0 Å². The Morgan fingerprint density at radius 2 is 0.827 bits per heavy atom. The highest BCUT2D eigenvalue weighted by atomic mass is 16.8. The van der Waals surface area contributed by atoms with Gasteiger partial charge in [-0.25, -0.2) is 0 Å². The number of aliphatic hydroxyl groups excluding tert-OH is 11. The molecule has 3 aliphatic rings. The van der Waals surface area contributed by atoms with Crippen molar-refractivity contribution in [2.45, 2.75) is 311 Å². The Morgan fingerprint density at radius 3 is 1.25 bits per heavy atom. The number of nitrogens with one attached hydrogen (secondary N) is 1. The van der Waals surface area contributed by atoms with Gasteiger partial charge >= 0.3 is 0 Å². The summed E-state index contributed by atoms with van der Waals surface area (Å²) >= 11 is 0. The van der Waals surface area contributed by atoms with Crippen LogP contribution in [0, 0.1) is 0 Å². The summed E-state index contributed by atoms with van der Waals surface area (Å²) in [7, 11) is 0. The number of hydrogen-bond donors (Lipinski definition) is 12. The zero-order valence-electron chi connectivity index (χ0n) is 45.8. The van der Waals surface area contributed by atoms with Crippen LogP contribution in [0.25, 0.3) is 0 Å². The van der Waals surface area contributed by atoms with Crippen LogP contribution in [-0.4, -0.2) is 193 Å². The van der Waals surface area contributed by atoms with Gasteiger partial charge in [-0.1, -0.05) is 193 Å². The Morgan fingerprint density at radius 1 is 0.467 bits per heavy atom. The molecule has 19 heteroatoms. The molecule has 1 amide bonds. The standard InChI is InChI=1S/C56H105NO18/c1-3-5-7-9-11-12-13-14-15-16-17-18-19-20-21-22-23-24-25-26-27-28-30-32-34-44(62)57-39(40(61)33-31-29-10-8-6-4-2)38-70-54-50(68)47(65)52(42(36-59)72-54)75-56-51(69)48(66)53(43(37-60)73-56)74-55-49(67)46(64)45(63)41(35-58)71-55/h31,33,39-43,45-56,58-61,63-69H,3-30,32,34-38H2,1-2H3,(H,57,62)/b33-31+. The molecule has 75 heavy (non-hydrogen) atoms. The summed E-state index contributed by atoms with van der Waals surface area (Å²) in [6.07, 6.45) is 12.7. The number of allylic oxidation sites excluding steroid dienone is 1. The van der Waals surface area contributed by atoms with Gasteiger partial charge in [-0.15, -0.1) is 0 Å². The zero-order valence-corrected chi connectivity index (χ0v) is 45.8. The minimum atomic E-state index is -1.97. The Balaban J connectivity index is 1.39. The van der Waals surface area contributed by atoms with E-state index in [4.69, 9.17) is 28.4 Å². The van der Waals surface area contributed by atoms with Crippen LogP contribution >= 0.6 is 0 Å². The molecule has 3 heterocycles. The zero-order chi connectivity index (χ0) is 54.8. The normalized spacial score (nSPS) is 31.2. The minimum Gasteiger partial charge on any atom is -0.394 e. The largest absolute Gasteiger partial charge is 0.394 e. The van der Waals surface area contributed by atoms with Gasteiger partial charge in [0.05, 0.1) is 38.6 Å². The van der Waals surface area contributed by atoms with Crippen molar-refractivity contribution in [3.05, 3.63) is 12.2 Å². The van der Waals surface area contributed by atoms with Crippen LogP contribution in [-0.2, 0) is 33.2 Å². The van der Waals surface area contributed by atoms with Gasteiger partial charge in [-0.2, -0.15) is 0 Å². The maximum absolute atomic E-state index is 13.2. The minimum absolute atomic E-state index is 0.248. The van der Waals surface area contributed by atoms with Crippen molar-refractivity contribution in [2.75, 3.05) is 26.4 Å². The molecule has 3 aliphatic heterocycles. The average molecular weight is 1080 g/mol. The van der Waals surface area contributed by atoms with Crippen molar-refractivity contribution in [1.29, 1.82) is 0 Å². The fourth-order valence-corrected chi connectivity index (χ4v) is 10.2. The van der Waals surface area contributed by atoms with Crippen LogP contribution < -0.4 is 5.32 Å². The highest BCUT2D eigenvalue weighted by Crippen LogP contribution is 2.33. The van der Waals surface area contributed by atoms with E-state index < -0.39 is 124 Å². The molecule has 19 nitrogen and oxygen atoms in total. The molecule has 0 aromatic rings. The molecule has 0 bridgehead atoms. The highest BCUT2D eigenvalue weighted by Gasteiger charge is 2.53. The second-order valence-electron chi connectivity index (χ2n) is 21.5. The van der Waals surface area contributed by atoms with E-state index in [2.05, 4.69) is 19.2 Å². The van der Waals surface area contributed by atoms with Gasteiger partial charge in [0.2, 0.25) is 5.91 Å². The first-order chi connectivity index (χ1) is 36.3. The summed E-state index contributed by atoms with van der Waals surface area (Å²) in [6, 6.07) is -0.964. The average Bonchev–Trinajstić information content (AvgIpc) is 3.41. The van der Waals surface area contributed by atoms with E-state index in [0.29, 0.717) is 6.42 Å². The maximum atomic E-state index is 13.2. The van der Waals surface area contributed by atoms with Crippen LogP contribution in [0.3, 0.4) is 0 Å². The summed E-state index contributed by atoms with van der Waals surface area (Å²) in [4.78, 5) is 13.2. The van der Waals surface area contributed by atoms with Gasteiger partial charge in [-0.05, 0) is 19.3 Å². The van der Waals surface area contributed by atoms with Crippen molar-refractivity contribution in [3.63, 3.8) is 0 Å². The number of ether oxygens (including phenoxy) is 6. The van der Waals surface area contributed by atoms with Crippen LogP contribution in [0.1, 0.15) is 206 Å². The second kappa shape index (κ2) is 40.7. The third kappa shape index (κ3) is 25.3. The SMILES string of the molecule is CCCCCC/C=C/C(O)C(COC1OC(CO)C(OC2OC(CO)C(OC3OC(CO)C(O)C(O)C3O)C(O)C2O)C(O)C1O)NC(=O)CCCCCCCCCCCCCCCCCCCCCCCCCC. The first-order valence-corrected chi connectivity index (χ1v) is 29.4. The topological polar surface area (TPSA) is 307 Å². The van der Waals surface area contributed by atoms with Gasteiger partial charge in [0, 0.05) is 6.42 Å². The van der Waals surface area contributed by atoms with E-state index in [1.54, 1.807) is 6.08 Å². The van der Waals surface area contributed by atoms with Gasteiger partial charge in [0.15, 0.2) is 18.9 Å². The second-order valence-corrected chi connectivity index (χ2v) is 21.5. The highest BCUT2D eigenvalue weighted by molar-refractivity contribution is 5.76. The molecule has 0 spiro atoms. The van der Waals surface area contributed by atoms with Gasteiger partial charge in [0.1, 0.15) is 73.2 Å². The molecule has 0 aliphatic carbocycles. The predicted molar refractivity (Wildman–Crippen MR) is 282 cm³/mol. The van der Waals surface area contributed by atoms with Gasteiger partial charge in [-0.3, -0.25) is 4.79 Å². The van der Waals surface area contributed by atoms with E-state index in [1.807, 2.05) is 6.08 Å². The molecule has 17 atom stereocenters. The lowest BCUT2D eigenvalue weighted by Gasteiger charge is -2.48. The fourth-order valence-electron chi connectivity index (χ4n) is 10.2. The van der Waals surface area contributed by atoms with E-state index in [1.165, 1.54) is 128 Å². The Bertz CT molecular complexity index is 1430. The molecule has 3 rings (SSSR count). The van der Waals surface area contributed by atoms with Gasteiger partial charge < -0.3 is 89.9 Å². The van der Waals surface area contributed by atoms with Gasteiger partial charge in [0.25, 0.3) is 0 Å². The third-order valence-corrected chi connectivity index (χ3v) is 15.1.